The van der Waals surface area contributed by atoms with Crippen LogP contribution < -0.4 is 5.32 Å². The molecule has 0 saturated heterocycles. The molecule has 0 aliphatic carbocycles. The number of benzene rings is 3. The maximum absolute atomic E-state index is 12.7. The van der Waals surface area contributed by atoms with Crippen molar-refractivity contribution < 1.29 is 13.7 Å². The number of aromatic nitrogens is 2. The van der Waals surface area contributed by atoms with Gasteiger partial charge >= 0.3 is 0 Å². The van der Waals surface area contributed by atoms with Gasteiger partial charge in [0.25, 0.3) is 11.8 Å². The van der Waals surface area contributed by atoms with Crippen LogP contribution in [0.2, 0.25) is 0 Å². The van der Waals surface area contributed by atoms with Crippen LogP contribution in [0.4, 0.5) is 5.69 Å². The van der Waals surface area contributed by atoms with Crippen LogP contribution in [-0.4, -0.2) is 16.0 Å². The van der Waals surface area contributed by atoms with Crippen LogP contribution >= 0.6 is 0 Å². The lowest BCUT2D eigenvalue weighted by atomic mass is 10.1. The molecule has 1 N–H and O–H groups in total. The predicted molar refractivity (Wildman–Crippen MR) is 109 cm³/mol. The van der Waals surface area contributed by atoms with Crippen LogP contribution in [0, 0.1) is 0 Å². The summed E-state index contributed by atoms with van der Waals surface area (Å²) in [4.78, 5) is 17.2. The number of rotatable bonds is 4. The molecule has 140 valence electrons. The minimum Gasteiger partial charge on any atom is -0.451 e. The smallest absolute Gasteiger partial charge is 0.291 e. The van der Waals surface area contributed by atoms with E-state index in [0.717, 1.165) is 10.9 Å². The number of nitrogens with one attached hydrogen (secondary N) is 1. The second kappa shape index (κ2) is 7.09. The largest absolute Gasteiger partial charge is 0.451 e. The van der Waals surface area contributed by atoms with Gasteiger partial charge in [-0.05, 0) is 24.3 Å². The van der Waals surface area contributed by atoms with Crippen LogP contribution in [0.1, 0.15) is 10.6 Å². The minimum absolute atomic E-state index is 0.233. The molecule has 1 amide bonds. The molecule has 6 heteroatoms. The summed E-state index contributed by atoms with van der Waals surface area (Å²) in [5, 5.41) is 7.80. The number of amides is 1. The maximum Gasteiger partial charge on any atom is 0.291 e. The lowest BCUT2D eigenvalue weighted by molar-refractivity contribution is 0.0998. The van der Waals surface area contributed by atoms with Crippen molar-refractivity contribution in [3.8, 4) is 22.8 Å². The molecular weight excluding hydrogens is 366 g/mol. The zero-order chi connectivity index (χ0) is 19.6. The molecule has 5 aromatic rings. The Morgan fingerprint density at radius 2 is 1.62 bits per heavy atom. The Morgan fingerprint density at radius 1 is 0.862 bits per heavy atom. The van der Waals surface area contributed by atoms with E-state index in [1.54, 1.807) is 12.1 Å². The van der Waals surface area contributed by atoms with Crippen LogP contribution in [0.15, 0.2) is 93.9 Å². The number of nitrogens with zero attached hydrogens (tertiary/aromatic N) is 2. The molecule has 5 rings (SSSR count). The lowest BCUT2D eigenvalue weighted by Crippen LogP contribution is -2.11. The second-order valence-corrected chi connectivity index (χ2v) is 6.44. The first-order valence-electron chi connectivity index (χ1n) is 9.06. The fourth-order valence-corrected chi connectivity index (χ4v) is 3.09. The quantitative estimate of drug-likeness (QED) is 0.451. The van der Waals surface area contributed by atoms with Gasteiger partial charge in [-0.15, -0.1) is 0 Å². The highest BCUT2D eigenvalue weighted by atomic mass is 16.5. The predicted octanol–water partition coefficient (Wildman–Crippen LogP) is 5.40. The topological polar surface area (TPSA) is 81.2 Å². The van der Waals surface area contributed by atoms with E-state index in [1.807, 2.05) is 72.8 Å². The molecule has 0 radical (unpaired) electrons. The molecule has 29 heavy (non-hydrogen) atoms. The van der Waals surface area contributed by atoms with E-state index < -0.39 is 0 Å². The van der Waals surface area contributed by atoms with Gasteiger partial charge in [0.1, 0.15) is 5.58 Å². The van der Waals surface area contributed by atoms with Gasteiger partial charge in [0, 0.05) is 10.9 Å². The van der Waals surface area contributed by atoms with Gasteiger partial charge in [0.2, 0.25) is 5.82 Å². The van der Waals surface area contributed by atoms with Crippen molar-refractivity contribution in [2.75, 3.05) is 5.32 Å². The van der Waals surface area contributed by atoms with Crippen molar-refractivity contribution in [1.29, 1.82) is 0 Å². The van der Waals surface area contributed by atoms with E-state index >= 15 is 0 Å². The van der Waals surface area contributed by atoms with Gasteiger partial charge in [0.05, 0.1) is 11.3 Å². The number of para-hydroxylation sites is 2. The molecule has 0 aliphatic heterocycles. The Labute approximate surface area is 165 Å². The highest BCUT2D eigenvalue weighted by Crippen LogP contribution is 2.29. The first-order valence-corrected chi connectivity index (χ1v) is 9.06. The van der Waals surface area contributed by atoms with E-state index in [2.05, 4.69) is 15.5 Å². The Balaban J connectivity index is 1.45. The number of hydrogen-bond acceptors (Lipinski definition) is 5. The Morgan fingerprint density at radius 3 is 2.48 bits per heavy atom. The van der Waals surface area contributed by atoms with Gasteiger partial charge < -0.3 is 14.3 Å². The Bertz CT molecular complexity index is 1270. The fourth-order valence-electron chi connectivity index (χ4n) is 3.09. The van der Waals surface area contributed by atoms with E-state index in [-0.39, 0.29) is 11.7 Å². The zero-order valence-corrected chi connectivity index (χ0v) is 15.2. The van der Waals surface area contributed by atoms with Crippen LogP contribution in [-0.2, 0) is 0 Å². The van der Waals surface area contributed by atoms with Crippen molar-refractivity contribution in [2.24, 2.45) is 0 Å². The molecular formula is C23H15N3O3. The second-order valence-electron chi connectivity index (χ2n) is 6.44. The standard InChI is InChI=1S/C23H15N3O3/c27-22(20-14-16-10-4-7-13-19(16)28-20)24-18-12-6-5-11-17(18)23-25-21(26-29-23)15-8-2-1-3-9-15/h1-14H,(H,24,27). The van der Waals surface area contributed by atoms with Crippen molar-refractivity contribution in [1.82, 2.24) is 10.1 Å². The first-order chi connectivity index (χ1) is 14.3. The number of anilines is 1. The number of hydrogen-bond donors (Lipinski definition) is 1. The third-order valence-corrected chi connectivity index (χ3v) is 4.51. The van der Waals surface area contributed by atoms with Crippen LogP contribution in [0.25, 0.3) is 33.8 Å². The van der Waals surface area contributed by atoms with Gasteiger partial charge in [0.15, 0.2) is 5.76 Å². The third-order valence-electron chi connectivity index (χ3n) is 4.51. The Kier molecular flexibility index (Phi) is 4.14. The summed E-state index contributed by atoms with van der Waals surface area (Å²) in [5.74, 6) is 0.691. The molecule has 3 aromatic carbocycles. The van der Waals surface area contributed by atoms with E-state index in [4.69, 9.17) is 8.94 Å². The summed E-state index contributed by atoms with van der Waals surface area (Å²) in [6, 6.07) is 26.0. The normalized spacial score (nSPS) is 10.9. The van der Waals surface area contributed by atoms with Gasteiger partial charge in [-0.25, -0.2) is 0 Å². The molecule has 0 unspecified atom stereocenters. The number of carbonyl (C=O) groups is 1. The molecule has 0 spiro atoms. The molecule has 6 nitrogen and oxygen atoms in total. The average Bonchev–Trinajstić information content (AvgIpc) is 3.42. The summed E-state index contributed by atoms with van der Waals surface area (Å²) >= 11 is 0. The van der Waals surface area contributed by atoms with Crippen LogP contribution in [0.5, 0.6) is 0 Å². The summed E-state index contributed by atoms with van der Waals surface area (Å²) in [5.41, 5.74) is 2.70. The number of carbonyl (C=O) groups excluding carboxylic acids is 1. The summed E-state index contributed by atoms with van der Waals surface area (Å²) < 4.78 is 11.1. The number of fused-ring (bicyclic) bond motifs is 1. The highest BCUT2D eigenvalue weighted by Gasteiger charge is 2.18. The van der Waals surface area contributed by atoms with E-state index in [1.165, 1.54) is 0 Å². The van der Waals surface area contributed by atoms with Crippen molar-refractivity contribution in [3.05, 3.63) is 90.7 Å². The molecule has 0 fully saturated rings. The van der Waals surface area contributed by atoms with E-state index in [0.29, 0.717) is 28.5 Å². The molecule has 0 aliphatic rings. The molecule has 0 saturated carbocycles. The number of furan rings is 1. The summed E-state index contributed by atoms with van der Waals surface area (Å²) in [7, 11) is 0. The highest BCUT2D eigenvalue weighted by molar-refractivity contribution is 6.06. The fraction of sp³-hybridized carbons (Fsp3) is 0. The van der Waals surface area contributed by atoms with Gasteiger partial charge in [-0.3, -0.25) is 4.79 Å². The maximum atomic E-state index is 12.7. The third kappa shape index (κ3) is 3.27. The monoisotopic (exact) mass is 381 g/mol. The summed E-state index contributed by atoms with van der Waals surface area (Å²) in [6.07, 6.45) is 0. The average molecular weight is 381 g/mol. The van der Waals surface area contributed by atoms with Crippen LogP contribution in [0.3, 0.4) is 0 Å². The molecule has 0 atom stereocenters. The SMILES string of the molecule is O=C(Nc1ccccc1-c1nc(-c2ccccc2)no1)c1cc2ccccc2o1. The minimum atomic E-state index is -0.351. The summed E-state index contributed by atoms with van der Waals surface area (Å²) in [6.45, 7) is 0. The first kappa shape index (κ1) is 16.9. The Hall–Kier alpha value is -4.19. The molecule has 2 aromatic heterocycles. The van der Waals surface area contributed by atoms with Gasteiger partial charge in [-0.1, -0.05) is 65.8 Å². The van der Waals surface area contributed by atoms with Crippen molar-refractivity contribution in [2.45, 2.75) is 0 Å². The molecule has 2 heterocycles. The van der Waals surface area contributed by atoms with Crippen molar-refractivity contribution >= 4 is 22.6 Å². The zero-order valence-electron chi connectivity index (χ0n) is 15.2. The van der Waals surface area contributed by atoms with Gasteiger partial charge in [-0.2, -0.15) is 4.98 Å². The lowest BCUT2D eigenvalue weighted by Gasteiger charge is -2.06. The van der Waals surface area contributed by atoms with Crippen molar-refractivity contribution in [3.63, 3.8) is 0 Å². The molecule has 0 bridgehead atoms. The van der Waals surface area contributed by atoms with E-state index in [9.17, 15) is 4.79 Å².